The summed E-state index contributed by atoms with van der Waals surface area (Å²) in [4.78, 5) is 22.5. The quantitative estimate of drug-likeness (QED) is 0.476. The van der Waals surface area contributed by atoms with Crippen molar-refractivity contribution in [3.63, 3.8) is 0 Å². The third-order valence-electron chi connectivity index (χ3n) is 6.62. The third-order valence-corrected chi connectivity index (χ3v) is 7.82. The maximum atomic E-state index is 13.3. The predicted octanol–water partition coefficient (Wildman–Crippen LogP) is 2.75. The number of benzene rings is 1. The standard InChI is InChI=1S/C22H24N8OS/c31-22(15-9-12-28(13-10-15)20-8-7-19-24-26-27-30(19)25-20)29-11-3-4-16(14-29)21-23-17-5-1-2-6-18(17)32-21/h1-2,5-8,15-16H,3-4,9-14H2. The summed E-state index contributed by atoms with van der Waals surface area (Å²) >= 11 is 1.77. The van der Waals surface area contributed by atoms with E-state index in [2.05, 4.69) is 48.6 Å². The number of carbonyl (C=O) groups is 1. The monoisotopic (exact) mass is 448 g/mol. The number of likely N-dealkylation sites (tertiary alicyclic amines) is 1. The van der Waals surface area contributed by atoms with Crippen LogP contribution in [0.2, 0.25) is 0 Å². The molecule has 0 spiro atoms. The van der Waals surface area contributed by atoms with Gasteiger partial charge in [0.2, 0.25) is 5.91 Å². The largest absolute Gasteiger partial charge is 0.355 e. The predicted molar refractivity (Wildman–Crippen MR) is 122 cm³/mol. The molecule has 9 nitrogen and oxygen atoms in total. The molecule has 3 aromatic heterocycles. The number of fused-ring (bicyclic) bond motifs is 2. The van der Waals surface area contributed by atoms with Gasteiger partial charge in [0.1, 0.15) is 0 Å². The number of nitrogens with zero attached hydrogens (tertiary/aromatic N) is 8. The van der Waals surface area contributed by atoms with Crippen LogP contribution in [0.5, 0.6) is 0 Å². The maximum absolute atomic E-state index is 13.3. The molecule has 4 aromatic rings. The van der Waals surface area contributed by atoms with Crippen LogP contribution in [0.3, 0.4) is 0 Å². The highest BCUT2D eigenvalue weighted by molar-refractivity contribution is 7.18. The maximum Gasteiger partial charge on any atom is 0.225 e. The Balaban J connectivity index is 1.10. The van der Waals surface area contributed by atoms with Crippen molar-refractivity contribution in [2.75, 3.05) is 31.1 Å². The van der Waals surface area contributed by atoms with E-state index < -0.39 is 0 Å². The van der Waals surface area contributed by atoms with Crippen LogP contribution in [-0.2, 0) is 4.79 Å². The van der Waals surface area contributed by atoms with Crippen LogP contribution in [0.15, 0.2) is 36.4 Å². The van der Waals surface area contributed by atoms with Crippen molar-refractivity contribution in [2.45, 2.75) is 31.6 Å². The van der Waals surface area contributed by atoms with Crippen LogP contribution >= 0.6 is 11.3 Å². The SMILES string of the molecule is O=C(C1CCN(c2ccc3nnnn3n2)CC1)N1CCCC(c2nc3ccccc3s2)C1. The van der Waals surface area contributed by atoms with Crippen LogP contribution < -0.4 is 4.90 Å². The van der Waals surface area contributed by atoms with E-state index in [1.54, 1.807) is 11.3 Å². The van der Waals surface area contributed by atoms with Gasteiger partial charge in [-0.2, -0.15) is 0 Å². The summed E-state index contributed by atoms with van der Waals surface area (Å²) in [5.74, 6) is 1.58. The lowest BCUT2D eigenvalue weighted by Gasteiger charge is -2.37. The van der Waals surface area contributed by atoms with Gasteiger partial charge in [-0.3, -0.25) is 4.79 Å². The van der Waals surface area contributed by atoms with Gasteiger partial charge >= 0.3 is 0 Å². The van der Waals surface area contributed by atoms with Crippen molar-refractivity contribution in [2.24, 2.45) is 5.92 Å². The molecule has 0 bridgehead atoms. The first kappa shape index (κ1) is 19.5. The van der Waals surface area contributed by atoms with Gasteiger partial charge in [0, 0.05) is 38.0 Å². The van der Waals surface area contributed by atoms with Gasteiger partial charge in [-0.15, -0.1) is 26.2 Å². The number of piperidine rings is 2. The number of aromatic nitrogens is 6. The summed E-state index contributed by atoms with van der Waals surface area (Å²) in [5.41, 5.74) is 1.70. The topological polar surface area (TPSA) is 92.4 Å². The lowest BCUT2D eigenvalue weighted by molar-refractivity contribution is -0.137. The van der Waals surface area contributed by atoms with Crippen LogP contribution in [0.1, 0.15) is 36.6 Å². The van der Waals surface area contributed by atoms with Gasteiger partial charge in [0.25, 0.3) is 0 Å². The zero-order valence-corrected chi connectivity index (χ0v) is 18.5. The summed E-state index contributed by atoms with van der Waals surface area (Å²) in [6.07, 6.45) is 3.83. The van der Waals surface area contributed by atoms with Crippen molar-refractivity contribution in [3.05, 3.63) is 41.4 Å². The minimum atomic E-state index is 0.0807. The lowest BCUT2D eigenvalue weighted by atomic mass is 9.92. The number of para-hydroxylation sites is 1. The normalized spacial score (nSPS) is 20.3. The Morgan fingerprint density at radius 1 is 1.03 bits per heavy atom. The first-order valence-corrected chi connectivity index (χ1v) is 12.0. The molecule has 2 aliphatic heterocycles. The van der Waals surface area contributed by atoms with Gasteiger partial charge in [-0.1, -0.05) is 12.1 Å². The molecule has 1 unspecified atom stereocenters. The minimum absolute atomic E-state index is 0.0807. The summed E-state index contributed by atoms with van der Waals surface area (Å²) in [5, 5.41) is 17.1. The number of rotatable bonds is 3. The van der Waals surface area contributed by atoms with Gasteiger partial charge in [0.15, 0.2) is 11.5 Å². The Labute approximate surface area is 189 Å². The molecule has 5 heterocycles. The molecule has 6 rings (SSSR count). The fraction of sp³-hybridized carbons (Fsp3) is 0.455. The average Bonchev–Trinajstić information content (AvgIpc) is 3.50. The van der Waals surface area contributed by atoms with E-state index in [9.17, 15) is 4.79 Å². The van der Waals surface area contributed by atoms with Gasteiger partial charge < -0.3 is 9.80 Å². The lowest BCUT2D eigenvalue weighted by Crippen LogP contribution is -2.46. The van der Waals surface area contributed by atoms with Crippen LogP contribution in [-0.4, -0.2) is 67.2 Å². The molecule has 32 heavy (non-hydrogen) atoms. The summed E-state index contributed by atoms with van der Waals surface area (Å²) in [7, 11) is 0. The molecule has 2 saturated heterocycles. The van der Waals surface area contributed by atoms with E-state index in [1.165, 1.54) is 14.3 Å². The van der Waals surface area contributed by atoms with E-state index in [0.29, 0.717) is 17.5 Å². The second-order valence-electron chi connectivity index (χ2n) is 8.62. The van der Waals surface area contributed by atoms with Crippen LogP contribution in [0.25, 0.3) is 15.9 Å². The van der Waals surface area contributed by atoms with Crippen molar-refractivity contribution in [1.29, 1.82) is 0 Å². The zero-order chi connectivity index (χ0) is 21.5. The second kappa shape index (κ2) is 8.09. The second-order valence-corrected chi connectivity index (χ2v) is 9.68. The molecular weight excluding hydrogens is 424 g/mol. The highest BCUT2D eigenvalue weighted by Gasteiger charge is 2.33. The number of anilines is 1. The van der Waals surface area contributed by atoms with Crippen molar-refractivity contribution in [1.82, 2.24) is 35.1 Å². The van der Waals surface area contributed by atoms with Crippen LogP contribution in [0, 0.1) is 5.92 Å². The highest BCUT2D eigenvalue weighted by atomic mass is 32.1. The van der Waals surface area contributed by atoms with E-state index in [-0.39, 0.29) is 5.92 Å². The van der Waals surface area contributed by atoms with E-state index in [4.69, 9.17) is 4.98 Å². The Hall–Kier alpha value is -3.14. The van der Waals surface area contributed by atoms with Crippen molar-refractivity contribution in [3.8, 4) is 0 Å². The molecule has 10 heteroatoms. The Kier molecular flexibility index (Phi) is 4.94. The summed E-state index contributed by atoms with van der Waals surface area (Å²) in [6, 6.07) is 12.1. The van der Waals surface area contributed by atoms with Crippen molar-refractivity contribution >= 4 is 38.9 Å². The number of thiazole rings is 1. The third kappa shape index (κ3) is 3.58. The smallest absolute Gasteiger partial charge is 0.225 e. The summed E-state index contributed by atoms with van der Waals surface area (Å²) in [6.45, 7) is 3.27. The van der Waals surface area contributed by atoms with Crippen molar-refractivity contribution < 1.29 is 4.79 Å². The van der Waals surface area contributed by atoms with E-state index in [0.717, 1.165) is 63.2 Å². The molecule has 0 aliphatic carbocycles. The molecule has 164 valence electrons. The number of amides is 1. The molecule has 2 fully saturated rings. The summed E-state index contributed by atoms with van der Waals surface area (Å²) < 4.78 is 2.68. The number of tetrazole rings is 1. The van der Waals surface area contributed by atoms with Gasteiger partial charge in [0.05, 0.1) is 15.2 Å². The number of carbonyl (C=O) groups excluding carboxylic acids is 1. The molecule has 1 amide bonds. The Bertz CT molecular complexity index is 1230. The fourth-order valence-electron chi connectivity index (χ4n) is 4.87. The average molecular weight is 449 g/mol. The molecule has 2 aliphatic rings. The number of hydrogen-bond donors (Lipinski definition) is 0. The Morgan fingerprint density at radius 3 is 2.78 bits per heavy atom. The number of hydrogen-bond acceptors (Lipinski definition) is 8. The van der Waals surface area contributed by atoms with Gasteiger partial charge in [-0.25, -0.2) is 4.98 Å². The molecule has 1 aromatic carbocycles. The first-order valence-electron chi connectivity index (χ1n) is 11.2. The molecule has 0 radical (unpaired) electrons. The highest BCUT2D eigenvalue weighted by Crippen LogP contribution is 2.34. The fourth-order valence-corrected chi connectivity index (χ4v) is 5.96. The zero-order valence-electron chi connectivity index (χ0n) is 17.7. The molecule has 0 saturated carbocycles. The minimum Gasteiger partial charge on any atom is -0.355 e. The van der Waals surface area contributed by atoms with E-state index in [1.807, 2.05) is 18.2 Å². The van der Waals surface area contributed by atoms with Crippen LogP contribution in [0.4, 0.5) is 5.82 Å². The van der Waals surface area contributed by atoms with Gasteiger partial charge in [-0.05, 0) is 60.4 Å². The molecule has 1 atom stereocenters. The molecule has 0 N–H and O–H groups in total. The Morgan fingerprint density at radius 2 is 1.91 bits per heavy atom. The first-order chi connectivity index (χ1) is 15.7. The van der Waals surface area contributed by atoms with E-state index >= 15 is 0 Å². The molecular formula is C22H24N8OS.